The highest BCUT2D eigenvalue weighted by molar-refractivity contribution is 5.92. The van der Waals surface area contributed by atoms with Gasteiger partial charge in [0.05, 0.1) is 0 Å². The second-order valence-electron chi connectivity index (χ2n) is 7.58. The van der Waals surface area contributed by atoms with Crippen LogP contribution in [0.5, 0.6) is 0 Å². The number of nitrogens with zero attached hydrogens (tertiary/aromatic N) is 5. The van der Waals surface area contributed by atoms with Crippen molar-refractivity contribution in [2.45, 2.75) is 32.7 Å². The van der Waals surface area contributed by atoms with Gasteiger partial charge in [-0.3, -0.25) is 9.78 Å². The zero-order valence-corrected chi connectivity index (χ0v) is 17.0. The van der Waals surface area contributed by atoms with E-state index in [-0.39, 0.29) is 11.9 Å². The highest BCUT2D eigenvalue weighted by Crippen LogP contribution is 2.36. The summed E-state index contributed by atoms with van der Waals surface area (Å²) in [6, 6.07) is 14.3. The molecule has 2 aromatic heterocycles. The third kappa shape index (κ3) is 3.97. The fraction of sp³-hybridized carbons (Fsp3) is 0.304. The molecule has 1 amide bonds. The van der Waals surface area contributed by atoms with E-state index >= 15 is 0 Å². The summed E-state index contributed by atoms with van der Waals surface area (Å²) in [6.07, 6.45) is 5.26. The topological polar surface area (TPSA) is 62.2 Å². The van der Waals surface area contributed by atoms with Crippen molar-refractivity contribution in [2.75, 3.05) is 18.5 Å². The zero-order chi connectivity index (χ0) is 20.4. The van der Waals surface area contributed by atoms with Crippen LogP contribution < -0.4 is 4.90 Å². The molecule has 29 heavy (non-hydrogen) atoms. The van der Waals surface area contributed by atoms with Gasteiger partial charge in [0, 0.05) is 43.4 Å². The molecule has 0 N–H and O–H groups in total. The van der Waals surface area contributed by atoms with Gasteiger partial charge in [0.1, 0.15) is 5.69 Å². The van der Waals surface area contributed by atoms with Gasteiger partial charge in [0.25, 0.3) is 5.91 Å². The summed E-state index contributed by atoms with van der Waals surface area (Å²) >= 11 is 0. The molecule has 148 valence electrons. The molecule has 6 nitrogen and oxygen atoms in total. The Hall–Kier alpha value is -3.28. The number of pyridine rings is 1. The minimum absolute atomic E-state index is 0.0917. The van der Waals surface area contributed by atoms with Gasteiger partial charge < -0.3 is 9.80 Å². The van der Waals surface area contributed by atoms with E-state index in [9.17, 15) is 4.79 Å². The van der Waals surface area contributed by atoms with E-state index in [2.05, 4.69) is 45.0 Å². The number of amides is 1. The van der Waals surface area contributed by atoms with Gasteiger partial charge >= 0.3 is 0 Å². The second kappa shape index (κ2) is 7.99. The van der Waals surface area contributed by atoms with E-state index in [1.54, 1.807) is 23.4 Å². The number of likely N-dealkylation sites (N-methyl/N-ethyl adjacent to an activating group) is 1. The van der Waals surface area contributed by atoms with Crippen molar-refractivity contribution < 1.29 is 4.79 Å². The van der Waals surface area contributed by atoms with E-state index in [1.807, 2.05) is 32.2 Å². The lowest BCUT2D eigenvalue weighted by atomic mass is 10.1. The lowest BCUT2D eigenvalue weighted by Gasteiger charge is -2.24. The van der Waals surface area contributed by atoms with Crippen LogP contribution in [0, 0.1) is 6.92 Å². The Bertz CT molecular complexity index is 1020. The molecule has 0 saturated carbocycles. The quantitative estimate of drug-likeness (QED) is 0.670. The van der Waals surface area contributed by atoms with E-state index in [4.69, 9.17) is 0 Å². The van der Waals surface area contributed by atoms with Gasteiger partial charge in [-0.25, -0.2) is 9.97 Å². The number of carbonyl (C=O) groups is 1. The molecule has 0 fully saturated rings. The average molecular weight is 387 g/mol. The van der Waals surface area contributed by atoms with Crippen molar-refractivity contribution in [1.29, 1.82) is 0 Å². The number of hydrogen-bond donors (Lipinski definition) is 0. The zero-order valence-electron chi connectivity index (χ0n) is 17.0. The molecule has 0 aliphatic carbocycles. The van der Waals surface area contributed by atoms with E-state index in [0.29, 0.717) is 18.2 Å². The molecular weight excluding hydrogens is 362 g/mol. The van der Waals surface area contributed by atoms with Crippen LogP contribution in [0.1, 0.15) is 34.2 Å². The SMILES string of the molecule is Cc1cc(C(=O)N(C)CCc2ccncc2)nc(N2c3ccccc3CC2C)n1. The fourth-order valence-electron chi connectivity index (χ4n) is 3.78. The molecular formula is C23H25N5O. The molecule has 1 aliphatic rings. The van der Waals surface area contributed by atoms with E-state index in [1.165, 1.54) is 5.56 Å². The molecule has 1 aliphatic heterocycles. The van der Waals surface area contributed by atoms with Gasteiger partial charge in [-0.1, -0.05) is 18.2 Å². The predicted molar refractivity (Wildman–Crippen MR) is 113 cm³/mol. The molecule has 6 heteroatoms. The van der Waals surface area contributed by atoms with E-state index < -0.39 is 0 Å². The molecule has 4 rings (SSSR count). The highest BCUT2D eigenvalue weighted by atomic mass is 16.2. The van der Waals surface area contributed by atoms with Crippen LogP contribution in [0.15, 0.2) is 54.9 Å². The molecule has 0 spiro atoms. The summed E-state index contributed by atoms with van der Waals surface area (Å²) in [5, 5.41) is 0. The van der Waals surface area contributed by atoms with Crippen LogP contribution in [0.25, 0.3) is 0 Å². The summed E-state index contributed by atoms with van der Waals surface area (Å²) < 4.78 is 0. The van der Waals surface area contributed by atoms with Crippen molar-refractivity contribution in [3.05, 3.63) is 77.4 Å². The molecule has 1 atom stereocenters. The van der Waals surface area contributed by atoms with Crippen molar-refractivity contribution in [2.24, 2.45) is 0 Å². The number of hydrogen-bond acceptors (Lipinski definition) is 5. The summed E-state index contributed by atoms with van der Waals surface area (Å²) in [7, 11) is 1.81. The van der Waals surface area contributed by atoms with Crippen molar-refractivity contribution >= 4 is 17.5 Å². The summed E-state index contributed by atoms with van der Waals surface area (Å²) in [4.78, 5) is 30.2. The third-order valence-corrected chi connectivity index (χ3v) is 5.32. The molecule has 3 heterocycles. The van der Waals surface area contributed by atoms with Crippen molar-refractivity contribution in [3.8, 4) is 0 Å². The first-order valence-corrected chi connectivity index (χ1v) is 9.90. The first-order chi connectivity index (χ1) is 14.0. The van der Waals surface area contributed by atoms with Crippen LogP contribution in [0.2, 0.25) is 0 Å². The lowest BCUT2D eigenvalue weighted by Crippen LogP contribution is -2.31. The Labute approximate surface area is 171 Å². The number of benzene rings is 1. The Morgan fingerprint density at radius 1 is 1.17 bits per heavy atom. The number of para-hydroxylation sites is 1. The third-order valence-electron chi connectivity index (χ3n) is 5.32. The van der Waals surface area contributed by atoms with Gasteiger partial charge in [-0.05, 0) is 62.1 Å². The Morgan fingerprint density at radius 3 is 2.72 bits per heavy atom. The summed E-state index contributed by atoms with van der Waals surface area (Å²) in [6.45, 7) is 4.68. The largest absolute Gasteiger partial charge is 0.340 e. The Balaban J connectivity index is 1.56. The first-order valence-electron chi connectivity index (χ1n) is 9.90. The molecule has 1 aromatic carbocycles. The van der Waals surface area contributed by atoms with Crippen LogP contribution in [-0.4, -0.2) is 45.4 Å². The molecule has 1 unspecified atom stereocenters. The van der Waals surface area contributed by atoms with Gasteiger partial charge in [0.15, 0.2) is 0 Å². The number of fused-ring (bicyclic) bond motifs is 1. The van der Waals surface area contributed by atoms with Gasteiger partial charge in [0.2, 0.25) is 5.95 Å². The van der Waals surface area contributed by atoms with E-state index in [0.717, 1.165) is 29.8 Å². The normalized spacial score (nSPS) is 15.3. The van der Waals surface area contributed by atoms with Crippen LogP contribution in [0.4, 0.5) is 11.6 Å². The average Bonchev–Trinajstić information content (AvgIpc) is 3.07. The fourth-order valence-corrected chi connectivity index (χ4v) is 3.78. The maximum Gasteiger partial charge on any atom is 0.272 e. The summed E-state index contributed by atoms with van der Waals surface area (Å²) in [5.41, 5.74) is 4.78. The Kier molecular flexibility index (Phi) is 5.25. The summed E-state index contributed by atoms with van der Waals surface area (Å²) in [5.74, 6) is 0.499. The number of carbonyl (C=O) groups excluding carboxylic acids is 1. The Morgan fingerprint density at radius 2 is 1.93 bits per heavy atom. The predicted octanol–water partition coefficient (Wildman–Crippen LogP) is 3.58. The lowest BCUT2D eigenvalue weighted by molar-refractivity contribution is 0.0790. The maximum absolute atomic E-state index is 13.0. The minimum atomic E-state index is -0.0917. The number of anilines is 2. The molecule has 0 bridgehead atoms. The number of rotatable bonds is 5. The van der Waals surface area contributed by atoms with Gasteiger partial charge in [-0.15, -0.1) is 0 Å². The van der Waals surface area contributed by atoms with Crippen LogP contribution >= 0.6 is 0 Å². The first kappa shape index (κ1) is 19.1. The standard InChI is InChI=1S/C23H25N5O/c1-16-14-20(22(29)27(3)13-10-18-8-11-24-12-9-18)26-23(25-16)28-17(2)15-19-6-4-5-7-21(19)28/h4-9,11-12,14,17H,10,13,15H2,1-3H3. The highest BCUT2D eigenvalue weighted by Gasteiger charge is 2.29. The van der Waals surface area contributed by atoms with Crippen molar-refractivity contribution in [3.63, 3.8) is 0 Å². The van der Waals surface area contributed by atoms with Crippen molar-refractivity contribution in [1.82, 2.24) is 19.9 Å². The molecule has 3 aromatic rings. The monoisotopic (exact) mass is 387 g/mol. The minimum Gasteiger partial charge on any atom is -0.340 e. The second-order valence-corrected chi connectivity index (χ2v) is 7.58. The smallest absolute Gasteiger partial charge is 0.272 e. The number of aromatic nitrogens is 3. The molecule has 0 radical (unpaired) electrons. The van der Waals surface area contributed by atoms with Gasteiger partial charge in [-0.2, -0.15) is 0 Å². The van der Waals surface area contributed by atoms with Crippen LogP contribution in [0.3, 0.4) is 0 Å². The molecule has 0 saturated heterocycles. The number of aryl methyl sites for hydroxylation is 1. The van der Waals surface area contributed by atoms with Crippen LogP contribution in [-0.2, 0) is 12.8 Å². The maximum atomic E-state index is 13.0.